The molecule has 0 rings (SSSR count). The van der Waals surface area contributed by atoms with Crippen molar-refractivity contribution < 1.29 is 34.1 Å². The fourth-order valence-electron chi connectivity index (χ4n) is 1.27. The van der Waals surface area contributed by atoms with Crippen LogP contribution in [0.4, 0.5) is 0 Å². The number of allylic oxidation sites excluding steroid dienone is 1. The first-order valence-electron chi connectivity index (χ1n) is 5.20. The van der Waals surface area contributed by atoms with Crippen molar-refractivity contribution in [3.05, 3.63) is 11.6 Å². The van der Waals surface area contributed by atoms with Gasteiger partial charge in [-0.1, -0.05) is 6.08 Å². The summed E-state index contributed by atoms with van der Waals surface area (Å²) in [6.07, 6.45) is 0.634. The summed E-state index contributed by atoms with van der Waals surface area (Å²) in [5.41, 5.74) is -0.341. The lowest BCUT2D eigenvalue weighted by Gasteiger charge is -2.12. The summed E-state index contributed by atoms with van der Waals surface area (Å²) >= 11 is 0. The molecule has 0 heterocycles. The summed E-state index contributed by atoms with van der Waals surface area (Å²) in [6.45, 7) is 1.59. The maximum atomic E-state index is 11.3. The van der Waals surface area contributed by atoms with Gasteiger partial charge in [0.1, 0.15) is 6.61 Å². The summed E-state index contributed by atoms with van der Waals surface area (Å²) in [5, 5.41) is 17.7. The van der Waals surface area contributed by atoms with Crippen molar-refractivity contribution in [2.24, 2.45) is 5.92 Å². The Hall–Kier alpha value is -1.89. The Labute approximate surface area is 104 Å². The normalized spacial score (nSPS) is 12.9. The van der Waals surface area contributed by atoms with Crippen molar-refractivity contribution in [2.45, 2.75) is 13.3 Å². The fraction of sp³-hybridized carbons (Fsp3) is 0.545. The smallest absolute Gasteiger partial charge is 0.332 e. The lowest BCUT2D eigenvalue weighted by Crippen LogP contribution is -2.25. The molecule has 1 atom stereocenters. The molecule has 0 aromatic rings. The molecule has 18 heavy (non-hydrogen) atoms. The van der Waals surface area contributed by atoms with E-state index in [1.165, 1.54) is 14.0 Å². The molecule has 0 fully saturated rings. The lowest BCUT2D eigenvalue weighted by molar-refractivity contribution is -0.152. The van der Waals surface area contributed by atoms with E-state index < -0.39 is 30.2 Å². The highest BCUT2D eigenvalue weighted by molar-refractivity contribution is 5.95. The molecule has 102 valence electrons. The molecule has 0 aliphatic carbocycles. The second-order valence-corrected chi connectivity index (χ2v) is 3.36. The number of rotatable bonds is 8. The predicted molar refractivity (Wildman–Crippen MR) is 60.0 cm³/mol. The van der Waals surface area contributed by atoms with Gasteiger partial charge in [-0.05, 0) is 6.92 Å². The van der Waals surface area contributed by atoms with Crippen molar-refractivity contribution in [3.63, 3.8) is 0 Å². The maximum Gasteiger partial charge on any atom is 0.332 e. The van der Waals surface area contributed by atoms with Crippen LogP contribution >= 0.6 is 0 Å². The minimum absolute atomic E-state index is 0.0000829. The monoisotopic (exact) mass is 260 g/mol. The number of hydrogen-bond donors (Lipinski definition) is 2. The van der Waals surface area contributed by atoms with Crippen LogP contribution in [0.1, 0.15) is 13.3 Å². The molecule has 1 unspecified atom stereocenters. The fourth-order valence-corrected chi connectivity index (χ4v) is 1.27. The first-order chi connectivity index (χ1) is 8.43. The molecule has 0 aliphatic rings. The van der Waals surface area contributed by atoms with Crippen molar-refractivity contribution in [3.8, 4) is 0 Å². The number of hydrogen-bond acceptors (Lipinski definition) is 5. The van der Waals surface area contributed by atoms with Gasteiger partial charge < -0.3 is 19.7 Å². The van der Waals surface area contributed by atoms with Crippen LogP contribution in [0.15, 0.2) is 11.6 Å². The second-order valence-electron chi connectivity index (χ2n) is 3.36. The molecule has 0 saturated carbocycles. The molecule has 0 aliphatic heterocycles. The van der Waals surface area contributed by atoms with Crippen LogP contribution in [-0.4, -0.2) is 48.4 Å². The van der Waals surface area contributed by atoms with Crippen LogP contribution in [0.5, 0.6) is 0 Å². The van der Waals surface area contributed by atoms with E-state index in [1.54, 1.807) is 0 Å². The van der Waals surface area contributed by atoms with Gasteiger partial charge in [0.05, 0.1) is 18.9 Å². The number of esters is 1. The molecule has 7 heteroatoms. The highest BCUT2D eigenvalue weighted by Gasteiger charge is 2.29. The molecule has 0 amide bonds. The summed E-state index contributed by atoms with van der Waals surface area (Å²) in [4.78, 5) is 33.1. The van der Waals surface area contributed by atoms with Gasteiger partial charge in [-0.3, -0.25) is 9.59 Å². The van der Waals surface area contributed by atoms with Crippen LogP contribution in [0.2, 0.25) is 0 Å². The summed E-state index contributed by atoms with van der Waals surface area (Å²) in [6, 6.07) is 0. The average molecular weight is 260 g/mol. The Morgan fingerprint density at radius 2 is 1.83 bits per heavy atom. The van der Waals surface area contributed by atoms with Gasteiger partial charge in [0.2, 0.25) is 0 Å². The Bertz CT molecular complexity index is 345. The van der Waals surface area contributed by atoms with Gasteiger partial charge in [-0.15, -0.1) is 0 Å². The first kappa shape index (κ1) is 16.1. The third-order valence-electron chi connectivity index (χ3n) is 2.15. The van der Waals surface area contributed by atoms with Gasteiger partial charge in [-0.2, -0.15) is 0 Å². The molecular weight excluding hydrogens is 244 g/mol. The van der Waals surface area contributed by atoms with E-state index in [0.29, 0.717) is 0 Å². The van der Waals surface area contributed by atoms with Crippen molar-refractivity contribution >= 4 is 17.9 Å². The highest BCUT2D eigenvalue weighted by Crippen LogP contribution is 2.17. The predicted octanol–water partition coefficient (Wildman–Crippen LogP) is 0.298. The Morgan fingerprint density at radius 1 is 1.22 bits per heavy atom. The van der Waals surface area contributed by atoms with Crippen LogP contribution in [0, 0.1) is 5.92 Å². The minimum Gasteiger partial charge on any atom is -0.481 e. The van der Waals surface area contributed by atoms with Crippen molar-refractivity contribution in [2.75, 3.05) is 20.3 Å². The molecule has 0 spiro atoms. The van der Waals surface area contributed by atoms with Crippen molar-refractivity contribution in [1.29, 1.82) is 0 Å². The third kappa shape index (κ3) is 5.44. The van der Waals surface area contributed by atoms with Crippen LogP contribution in [0.25, 0.3) is 0 Å². The largest absolute Gasteiger partial charge is 0.481 e. The quantitative estimate of drug-likeness (QED) is 0.367. The number of aliphatic carboxylic acids is 2. The van der Waals surface area contributed by atoms with E-state index in [4.69, 9.17) is 14.9 Å². The zero-order valence-corrected chi connectivity index (χ0v) is 10.2. The number of carboxylic acids is 2. The molecule has 0 aromatic carbocycles. The minimum atomic E-state index is -1.41. The van der Waals surface area contributed by atoms with Gasteiger partial charge in [0.15, 0.2) is 0 Å². The molecule has 2 N–H and O–H groups in total. The number of methoxy groups -OCH3 is 1. The van der Waals surface area contributed by atoms with E-state index in [0.717, 1.165) is 6.08 Å². The average Bonchev–Trinajstić information content (AvgIpc) is 2.28. The number of ether oxygens (including phenoxy) is 2. The second kappa shape index (κ2) is 8.24. The number of carbonyl (C=O) groups is 3. The topological polar surface area (TPSA) is 110 Å². The molecule has 0 radical (unpaired) electrons. The lowest BCUT2D eigenvalue weighted by atomic mass is 9.95. The van der Waals surface area contributed by atoms with Crippen molar-refractivity contribution in [1.82, 2.24) is 0 Å². The Balaban J connectivity index is 4.59. The molecule has 7 nitrogen and oxygen atoms in total. The van der Waals surface area contributed by atoms with Gasteiger partial charge in [0.25, 0.3) is 0 Å². The van der Waals surface area contributed by atoms with Gasteiger partial charge >= 0.3 is 17.9 Å². The highest BCUT2D eigenvalue weighted by atomic mass is 16.6. The number of carboxylic acid groups (broad SMARTS) is 2. The van der Waals surface area contributed by atoms with Crippen LogP contribution in [-0.2, 0) is 23.9 Å². The Kier molecular flexibility index (Phi) is 7.37. The van der Waals surface area contributed by atoms with Crippen LogP contribution < -0.4 is 0 Å². The zero-order chi connectivity index (χ0) is 14.1. The maximum absolute atomic E-state index is 11.3. The van der Waals surface area contributed by atoms with E-state index in [1.807, 2.05) is 0 Å². The van der Waals surface area contributed by atoms with Crippen LogP contribution in [0.3, 0.4) is 0 Å². The van der Waals surface area contributed by atoms with Gasteiger partial charge in [-0.25, -0.2) is 4.79 Å². The SMILES string of the molecule is CC=C(C(=O)O)C(CC(=O)OCCOC)C(=O)O. The third-order valence-corrected chi connectivity index (χ3v) is 2.15. The molecular formula is C11H16O7. The number of carbonyl (C=O) groups excluding carboxylic acids is 1. The standard InChI is InChI=1S/C11H16O7/c1-3-7(10(13)14)8(11(15)16)6-9(12)18-5-4-17-2/h3,8H,4-6H2,1-2H3,(H,13,14)(H,15,16). The summed E-state index contributed by atoms with van der Waals surface area (Å²) in [7, 11) is 1.43. The first-order valence-corrected chi connectivity index (χ1v) is 5.20. The molecule has 0 aromatic heterocycles. The summed E-state index contributed by atoms with van der Waals surface area (Å²) in [5.74, 6) is -4.94. The van der Waals surface area contributed by atoms with E-state index in [9.17, 15) is 14.4 Å². The van der Waals surface area contributed by atoms with E-state index >= 15 is 0 Å². The van der Waals surface area contributed by atoms with E-state index in [2.05, 4.69) is 4.74 Å². The summed E-state index contributed by atoms with van der Waals surface area (Å²) < 4.78 is 9.34. The molecule has 0 bridgehead atoms. The van der Waals surface area contributed by atoms with Gasteiger partial charge in [0, 0.05) is 12.7 Å². The molecule has 0 saturated heterocycles. The zero-order valence-electron chi connectivity index (χ0n) is 10.2. The van der Waals surface area contributed by atoms with E-state index in [-0.39, 0.29) is 18.8 Å². The Morgan fingerprint density at radius 3 is 2.22 bits per heavy atom.